The summed E-state index contributed by atoms with van der Waals surface area (Å²) in [6.07, 6.45) is 1.22. The molecule has 1 atom stereocenters. The molecule has 0 amide bonds. The van der Waals surface area contributed by atoms with E-state index in [1.54, 1.807) is 18.7 Å². The third kappa shape index (κ3) is 3.49. The number of rotatable bonds is 4. The van der Waals surface area contributed by atoms with Gasteiger partial charge in [-0.3, -0.25) is 0 Å². The molecule has 0 spiro atoms. The van der Waals surface area contributed by atoms with Crippen LogP contribution in [0.15, 0.2) is 47.4 Å². The summed E-state index contributed by atoms with van der Waals surface area (Å²) in [5.74, 6) is 0.737. The van der Waals surface area contributed by atoms with Gasteiger partial charge in [-0.05, 0) is 55.6 Å². The quantitative estimate of drug-likeness (QED) is 0.841. The van der Waals surface area contributed by atoms with Crippen LogP contribution in [0.5, 0.6) is 11.5 Å². The summed E-state index contributed by atoms with van der Waals surface area (Å²) in [5, 5.41) is 9.64. The Labute approximate surface area is 116 Å². The molecule has 2 rings (SSSR count). The maximum Gasteiger partial charge on any atom is 0.133 e. The fourth-order valence-corrected chi connectivity index (χ4v) is 2.12. The van der Waals surface area contributed by atoms with Crippen LogP contribution in [0.4, 0.5) is 4.39 Å². The number of benzene rings is 2. The van der Waals surface area contributed by atoms with Crippen molar-refractivity contribution in [3.63, 3.8) is 0 Å². The zero-order valence-electron chi connectivity index (χ0n) is 10.8. The molecular weight excluding hydrogens is 263 g/mol. The van der Waals surface area contributed by atoms with Gasteiger partial charge in [0.2, 0.25) is 0 Å². The van der Waals surface area contributed by atoms with Gasteiger partial charge in [0, 0.05) is 10.5 Å². The van der Waals surface area contributed by atoms with E-state index in [-0.39, 0.29) is 5.82 Å². The Morgan fingerprint density at radius 1 is 1.16 bits per heavy atom. The van der Waals surface area contributed by atoms with Crippen LogP contribution in [-0.4, -0.2) is 11.4 Å². The molecule has 0 bridgehead atoms. The van der Waals surface area contributed by atoms with Crippen LogP contribution < -0.4 is 4.74 Å². The second-order valence-electron chi connectivity index (χ2n) is 4.14. The number of thioether (sulfide) groups is 1. The number of hydrogen-bond acceptors (Lipinski definition) is 3. The van der Waals surface area contributed by atoms with Crippen LogP contribution in [0.2, 0.25) is 0 Å². The lowest BCUT2D eigenvalue weighted by Gasteiger charge is -2.13. The Hall–Kier alpha value is -1.52. The summed E-state index contributed by atoms with van der Waals surface area (Å²) in [5.41, 5.74) is 0.439. The van der Waals surface area contributed by atoms with Gasteiger partial charge in [-0.2, -0.15) is 0 Å². The van der Waals surface area contributed by atoms with Crippen molar-refractivity contribution in [3.05, 3.63) is 53.8 Å². The predicted octanol–water partition coefficient (Wildman–Crippen LogP) is 4.39. The first-order valence-electron chi connectivity index (χ1n) is 5.89. The average Bonchev–Trinajstić information content (AvgIpc) is 2.41. The van der Waals surface area contributed by atoms with E-state index in [9.17, 15) is 9.50 Å². The lowest BCUT2D eigenvalue weighted by Crippen LogP contribution is -1.97. The van der Waals surface area contributed by atoms with Gasteiger partial charge in [0.25, 0.3) is 0 Å². The second-order valence-corrected chi connectivity index (χ2v) is 5.02. The maximum absolute atomic E-state index is 13.2. The largest absolute Gasteiger partial charge is 0.457 e. The van der Waals surface area contributed by atoms with E-state index in [2.05, 4.69) is 0 Å². The third-order valence-corrected chi connectivity index (χ3v) is 3.45. The highest BCUT2D eigenvalue weighted by atomic mass is 32.2. The molecule has 0 aliphatic rings. The fourth-order valence-electron chi connectivity index (χ4n) is 1.71. The lowest BCUT2D eigenvalue weighted by molar-refractivity contribution is 0.195. The highest BCUT2D eigenvalue weighted by molar-refractivity contribution is 7.98. The zero-order chi connectivity index (χ0) is 13.8. The van der Waals surface area contributed by atoms with Crippen LogP contribution in [0.25, 0.3) is 0 Å². The van der Waals surface area contributed by atoms with Gasteiger partial charge in [-0.15, -0.1) is 11.8 Å². The first-order valence-corrected chi connectivity index (χ1v) is 7.12. The van der Waals surface area contributed by atoms with E-state index in [1.165, 1.54) is 18.2 Å². The molecule has 0 radical (unpaired) electrons. The third-order valence-electron chi connectivity index (χ3n) is 2.71. The predicted molar refractivity (Wildman–Crippen MR) is 75.3 cm³/mol. The zero-order valence-corrected chi connectivity index (χ0v) is 11.6. The molecular formula is C15H15FO2S. The molecule has 2 aromatic rings. The van der Waals surface area contributed by atoms with Crippen LogP contribution in [0, 0.1) is 5.82 Å². The fraction of sp³-hybridized carbons (Fsp3) is 0.200. The minimum Gasteiger partial charge on any atom is -0.457 e. The Kier molecular flexibility index (Phi) is 4.45. The molecule has 19 heavy (non-hydrogen) atoms. The molecule has 0 aliphatic heterocycles. The van der Waals surface area contributed by atoms with Crippen molar-refractivity contribution >= 4 is 11.8 Å². The second kappa shape index (κ2) is 6.08. The summed E-state index contributed by atoms with van der Waals surface area (Å²) in [6.45, 7) is 1.58. The van der Waals surface area contributed by atoms with Crippen molar-refractivity contribution in [2.24, 2.45) is 0 Å². The van der Waals surface area contributed by atoms with Crippen molar-refractivity contribution < 1.29 is 14.2 Å². The molecule has 2 aromatic carbocycles. The van der Waals surface area contributed by atoms with Gasteiger partial charge in [0.1, 0.15) is 17.3 Å². The van der Waals surface area contributed by atoms with E-state index in [4.69, 9.17) is 4.74 Å². The van der Waals surface area contributed by atoms with E-state index in [0.717, 1.165) is 4.90 Å². The summed E-state index contributed by atoms with van der Waals surface area (Å²) in [4.78, 5) is 1.14. The van der Waals surface area contributed by atoms with Gasteiger partial charge >= 0.3 is 0 Å². The van der Waals surface area contributed by atoms with Crippen molar-refractivity contribution in [2.75, 3.05) is 6.26 Å². The standard InChI is InChI=1S/C15H15FO2S/c1-10(17)14-9-11(16)3-8-15(14)18-12-4-6-13(19-2)7-5-12/h3-10,17H,1-2H3/t10-/m0/s1. The van der Waals surface area contributed by atoms with Gasteiger partial charge in [0.15, 0.2) is 0 Å². The van der Waals surface area contributed by atoms with Crippen LogP contribution in [0.1, 0.15) is 18.6 Å². The number of hydrogen-bond donors (Lipinski definition) is 1. The van der Waals surface area contributed by atoms with E-state index in [0.29, 0.717) is 17.1 Å². The molecule has 0 unspecified atom stereocenters. The molecule has 0 fully saturated rings. The van der Waals surface area contributed by atoms with Gasteiger partial charge in [0.05, 0.1) is 6.10 Å². The van der Waals surface area contributed by atoms with Gasteiger partial charge in [-0.25, -0.2) is 4.39 Å². The van der Waals surface area contributed by atoms with Crippen LogP contribution in [0.3, 0.4) is 0 Å². The molecule has 100 valence electrons. The average molecular weight is 278 g/mol. The van der Waals surface area contributed by atoms with Crippen molar-refractivity contribution in [3.8, 4) is 11.5 Å². The smallest absolute Gasteiger partial charge is 0.133 e. The Bertz CT molecular complexity index is 553. The topological polar surface area (TPSA) is 29.5 Å². The number of ether oxygens (including phenoxy) is 1. The molecule has 0 saturated heterocycles. The number of aliphatic hydroxyl groups excluding tert-OH is 1. The van der Waals surface area contributed by atoms with Gasteiger partial charge < -0.3 is 9.84 Å². The van der Waals surface area contributed by atoms with Crippen molar-refractivity contribution in [1.82, 2.24) is 0 Å². The van der Waals surface area contributed by atoms with Crippen molar-refractivity contribution in [1.29, 1.82) is 0 Å². The highest BCUT2D eigenvalue weighted by Gasteiger charge is 2.11. The molecule has 4 heteroatoms. The molecule has 0 aliphatic carbocycles. The maximum atomic E-state index is 13.2. The minimum absolute atomic E-state index is 0.388. The summed E-state index contributed by atoms with van der Waals surface area (Å²) in [7, 11) is 0. The first-order chi connectivity index (χ1) is 9.10. The monoisotopic (exact) mass is 278 g/mol. The molecule has 0 heterocycles. The summed E-state index contributed by atoms with van der Waals surface area (Å²) >= 11 is 1.65. The van der Waals surface area contributed by atoms with Crippen molar-refractivity contribution in [2.45, 2.75) is 17.9 Å². The van der Waals surface area contributed by atoms with Gasteiger partial charge in [-0.1, -0.05) is 0 Å². The summed E-state index contributed by atoms with van der Waals surface area (Å²) < 4.78 is 18.9. The molecule has 1 N–H and O–H groups in total. The number of aliphatic hydroxyl groups is 1. The first kappa shape index (κ1) is 13.9. The lowest BCUT2D eigenvalue weighted by atomic mass is 10.1. The normalized spacial score (nSPS) is 12.2. The summed E-state index contributed by atoms with van der Waals surface area (Å²) in [6, 6.07) is 11.7. The SMILES string of the molecule is CSc1ccc(Oc2ccc(F)cc2[C@H](C)O)cc1. The van der Waals surface area contributed by atoms with E-state index >= 15 is 0 Å². The number of halogens is 1. The molecule has 2 nitrogen and oxygen atoms in total. The van der Waals surface area contributed by atoms with E-state index in [1.807, 2.05) is 30.5 Å². The minimum atomic E-state index is -0.781. The Balaban J connectivity index is 2.26. The molecule has 0 saturated carbocycles. The molecule has 0 aromatic heterocycles. The van der Waals surface area contributed by atoms with E-state index < -0.39 is 6.10 Å². The Morgan fingerprint density at radius 2 is 1.84 bits per heavy atom. The highest BCUT2D eigenvalue weighted by Crippen LogP contribution is 2.31. The Morgan fingerprint density at radius 3 is 2.42 bits per heavy atom. The van der Waals surface area contributed by atoms with Crippen LogP contribution >= 0.6 is 11.8 Å². The van der Waals surface area contributed by atoms with Crippen LogP contribution in [-0.2, 0) is 0 Å².